The molecule has 0 bridgehead atoms. The van der Waals surface area contributed by atoms with Gasteiger partial charge in [-0.15, -0.1) is 10.2 Å². The minimum Gasteiger partial charge on any atom is -0.377 e. The third kappa shape index (κ3) is 2.34. The van der Waals surface area contributed by atoms with E-state index >= 15 is 0 Å². The first kappa shape index (κ1) is 11.3. The number of aromatic nitrogens is 2. The first-order chi connectivity index (χ1) is 8.01. The zero-order valence-electron chi connectivity index (χ0n) is 10.2. The molecule has 0 saturated heterocycles. The summed E-state index contributed by atoms with van der Waals surface area (Å²) < 4.78 is 0. The highest BCUT2D eigenvalue weighted by Gasteiger charge is 2.16. The van der Waals surface area contributed by atoms with Crippen molar-refractivity contribution < 1.29 is 0 Å². The van der Waals surface area contributed by atoms with Gasteiger partial charge >= 0.3 is 0 Å². The Hall–Kier alpha value is -2.15. The maximum absolute atomic E-state index is 9.08. The number of fused-ring (bicyclic) bond motifs is 1. The summed E-state index contributed by atoms with van der Waals surface area (Å²) in [6.07, 6.45) is 0. The lowest BCUT2D eigenvalue weighted by Crippen LogP contribution is -2.27. The van der Waals surface area contributed by atoms with Gasteiger partial charge in [0.05, 0.1) is 11.2 Å². The second-order valence-electron chi connectivity index (χ2n) is 4.93. The van der Waals surface area contributed by atoms with Crippen LogP contribution < -0.4 is 5.32 Å². The average molecular weight is 226 g/mol. The van der Waals surface area contributed by atoms with Crippen LogP contribution in [0.25, 0.3) is 10.9 Å². The van der Waals surface area contributed by atoms with Crippen molar-refractivity contribution in [1.29, 1.82) is 5.26 Å². The Morgan fingerprint density at radius 1 is 1.18 bits per heavy atom. The largest absolute Gasteiger partial charge is 0.377 e. The molecular formula is C13H14N4. The van der Waals surface area contributed by atoms with Crippen molar-refractivity contribution in [3.05, 3.63) is 30.0 Å². The Morgan fingerprint density at radius 2 is 1.88 bits per heavy atom. The number of hydrogen-bond donors (Lipinski definition) is 1. The molecule has 0 aliphatic rings. The number of benzene rings is 1. The number of rotatable bonds is 1. The van der Waals surface area contributed by atoms with Crippen LogP contribution in [0.1, 0.15) is 26.5 Å². The standard InChI is InChI=1S/C13H14N4/c1-13(2,3)15-12-9-6-4-5-7-10(9)16-17-11(12)8-14/h4-7H,1-3H3,(H,15,16). The number of nitrogens with zero attached hydrogens (tertiary/aromatic N) is 3. The quantitative estimate of drug-likeness (QED) is 0.812. The zero-order valence-corrected chi connectivity index (χ0v) is 10.2. The van der Waals surface area contributed by atoms with Crippen molar-refractivity contribution in [3.63, 3.8) is 0 Å². The Bertz CT molecular complexity index is 590. The Kier molecular flexibility index (Phi) is 2.68. The van der Waals surface area contributed by atoms with E-state index in [2.05, 4.69) is 21.6 Å². The molecule has 1 heterocycles. The molecule has 1 N–H and O–H groups in total. The first-order valence-electron chi connectivity index (χ1n) is 5.45. The van der Waals surface area contributed by atoms with Crippen LogP contribution in [0.5, 0.6) is 0 Å². The van der Waals surface area contributed by atoms with Crippen LogP contribution in [0.2, 0.25) is 0 Å². The highest BCUT2D eigenvalue weighted by atomic mass is 15.1. The molecule has 2 aromatic rings. The lowest BCUT2D eigenvalue weighted by atomic mass is 10.1. The molecule has 0 aliphatic heterocycles. The van der Waals surface area contributed by atoms with E-state index in [1.807, 2.05) is 45.0 Å². The van der Waals surface area contributed by atoms with Crippen molar-refractivity contribution in [2.24, 2.45) is 0 Å². The monoisotopic (exact) mass is 226 g/mol. The Labute approximate surface area is 100 Å². The molecule has 86 valence electrons. The molecule has 1 aromatic heterocycles. The molecule has 17 heavy (non-hydrogen) atoms. The fourth-order valence-corrected chi connectivity index (χ4v) is 1.63. The number of anilines is 1. The lowest BCUT2D eigenvalue weighted by molar-refractivity contribution is 0.634. The number of nitrogens with one attached hydrogen (secondary N) is 1. The number of nitriles is 1. The molecule has 4 heteroatoms. The van der Waals surface area contributed by atoms with Gasteiger partial charge in [-0.3, -0.25) is 0 Å². The van der Waals surface area contributed by atoms with Crippen LogP contribution in [-0.4, -0.2) is 15.7 Å². The minimum atomic E-state index is -0.128. The van der Waals surface area contributed by atoms with Crippen molar-refractivity contribution in [2.75, 3.05) is 5.32 Å². The second-order valence-corrected chi connectivity index (χ2v) is 4.93. The maximum atomic E-state index is 9.08. The molecule has 0 aliphatic carbocycles. The van der Waals surface area contributed by atoms with E-state index in [0.717, 1.165) is 16.6 Å². The van der Waals surface area contributed by atoms with E-state index < -0.39 is 0 Å². The summed E-state index contributed by atoms with van der Waals surface area (Å²) >= 11 is 0. The summed E-state index contributed by atoms with van der Waals surface area (Å²) in [5, 5.41) is 21.3. The van der Waals surface area contributed by atoms with Crippen LogP contribution in [0.4, 0.5) is 5.69 Å². The molecular weight excluding hydrogens is 212 g/mol. The summed E-state index contributed by atoms with van der Waals surface area (Å²) in [5.74, 6) is 0. The molecule has 0 saturated carbocycles. The van der Waals surface area contributed by atoms with E-state index in [4.69, 9.17) is 5.26 Å². The van der Waals surface area contributed by atoms with Gasteiger partial charge in [-0.1, -0.05) is 18.2 Å². The third-order valence-corrected chi connectivity index (χ3v) is 2.27. The molecule has 2 rings (SSSR count). The molecule has 0 spiro atoms. The van der Waals surface area contributed by atoms with E-state index in [1.165, 1.54) is 0 Å². The summed E-state index contributed by atoms with van der Waals surface area (Å²) in [6, 6.07) is 9.74. The molecule has 0 radical (unpaired) electrons. The first-order valence-corrected chi connectivity index (χ1v) is 5.45. The van der Waals surface area contributed by atoms with Crippen molar-refractivity contribution in [1.82, 2.24) is 10.2 Å². The highest BCUT2D eigenvalue weighted by molar-refractivity contribution is 5.93. The van der Waals surface area contributed by atoms with Gasteiger partial charge in [0.2, 0.25) is 0 Å². The predicted octanol–water partition coefficient (Wildman–Crippen LogP) is 2.71. The SMILES string of the molecule is CC(C)(C)Nc1c(C#N)nnc2ccccc12. The van der Waals surface area contributed by atoms with Gasteiger partial charge in [0, 0.05) is 10.9 Å². The fourth-order valence-electron chi connectivity index (χ4n) is 1.63. The Balaban J connectivity index is 2.68. The molecule has 0 unspecified atom stereocenters. The minimum absolute atomic E-state index is 0.128. The van der Waals surface area contributed by atoms with Gasteiger partial charge in [0.1, 0.15) is 6.07 Å². The molecule has 0 fully saturated rings. The van der Waals surface area contributed by atoms with Crippen LogP contribution in [0.15, 0.2) is 24.3 Å². The summed E-state index contributed by atoms with van der Waals surface area (Å²) in [4.78, 5) is 0. The molecule has 4 nitrogen and oxygen atoms in total. The van der Waals surface area contributed by atoms with Crippen LogP contribution in [0.3, 0.4) is 0 Å². The molecule has 1 aromatic carbocycles. The topological polar surface area (TPSA) is 61.6 Å². The predicted molar refractivity (Wildman–Crippen MR) is 67.6 cm³/mol. The normalized spacial score (nSPS) is 11.2. The van der Waals surface area contributed by atoms with E-state index in [9.17, 15) is 0 Å². The van der Waals surface area contributed by atoms with E-state index in [0.29, 0.717) is 5.69 Å². The van der Waals surface area contributed by atoms with Gasteiger partial charge in [-0.05, 0) is 26.8 Å². The van der Waals surface area contributed by atoms with Crippen molar-refractivity contribution in [2.45, 2.75) is 26.3 Å². The lowest BCUT2D eigenvalue weighted by Gasteiger charge is -2.23. The van der Waals surface area contributed by atoms with Gasteiger partial charge in [-0.25, -0.2) is 0 Å². The van der Waals surface area contributed by atoms with Crippen LogP contribution >= 0.6 is 0 Å². The summed E-state index contributed by atoms with van der Waals surface area (Å²) in [5.41, 5.74) is 1.75. The van der Waals surface area contributed by atoms with E-state index in [-0.39, 0.29) is 5.54 Å². The molecule has 0 atom stereocenters. The maximum Gasteiger partial charge on any atom is 0.186 e. The summed E-state index contributed by atoms with van der Waals surface area (Å²) in [6.45, 7) is 6.13. The zero-order chi connectivity index (χ0) is 12.5. The fraction of sp³-hybridized carbons (Fsp3) is 0.308. The van der Waals surface area contributed by atoms with Gasteiger partial charge in [0.15, 0.2) is 5.69 Å². The third-order valence-electron chi connectivity index (χ3n) is 2.27. The van der Waals surface area contributed by atoms with Gasteiger partial charge in [-0.2, -0.15) is 5.26 Å². The van der Waals surface area contributed by atoms with Gasteiger partial charge < -0.3 is 5.32 Å². The molecule has 0 amide bonds. The highest BCUT2D eigenvalue weighted by Crippen LogP contribution is 2.26. The van der Waals surface area contributed by atoms with Crippen molar-refractivity contribution in [3.8, 4) is 6.07 Å². The Morgan fingerprint density at radius 3 is 2.53 bits per heavy atom. The van der Waals surface area contributed by atoms with Crippen LogP contribution in [0, 0.1) is 11.3 Å². The van der Waals surface area contributed by atoms with Crippen molar-refractivity contribution >= 4 is 16.6 Å². The smallest absolute Gasteiger partial charge is 0.186 e. The van der Waals surface area contributed by atoms with E-state index in [1.54, 1.807) is 0 Å². The number of hydrogen-bond acceptors (Lipinski definition) is 4. The van der Waals surface area contributed by atoms with Crippen LogP contribution in [-0.2, 0) is 0 Å². The van der Waals surface area contributed by atoms with Gasteiger partial charge in [0.25, 0.3) is 0 Å². The summed E-state index contributed by atoms with van der Waals surface area (Å²) in [7, 11) is 0. The second kappa shape index (κ2) is 4.02. The average Bonchev–Trinajstić information content (AvgIpc) is 2.28.